The van der Waals surface area contributed by atoms with Crippen LogP contribution in [0.3, 0.4) is 0 Å². The molecule has 3 amide bonds. The zero-order chi connectivity index (χ0) is 24.7. The molecule has 1 atom stereocenters. The van der Waals surface area contributed by atoms with Gasteiger partial charge >= 0.3 is 6.03 Å². The molecule has 10 heteroatoms. The number of hydrogen-bond donors (Lipinski definition) is 4. The molecule has 0 spiro atoms. The van der Waals surface area contributed by atoms with Crippen LogP contribution in [-0.4, -0.2) is 26.5 Å². The number of aromatic nitrogens is 3. The Balaban J connectivity index is 1.58. The van der Waals surface area contributed by atoms with Gasteiger partial charge in [-0.25, -0.2) is 9.78 Å². The van der Waals surface area contributed by atoms with Crippen molar-refractivity contribution in [1.29, 1.82) is 0 Å². The van der Waals surface area contributed by atoms with E-state index in [1.807, 2.05) is 63.2 Å². The van der Waals surface area contributed by atoms with E-state index in [1.165, 1.54) is 10.8 Å². The van der Waals surface area contributed by atoms with Crippen LogP contribution in [0.2, 0.25) is 0 Å². The summed E-state index contributed by atoms with van der Waals surface area (Å²) in [6, 6.07) is 12.5. The maximum Gasteiger partial charge on any atom is 0.333 e. The zero-order valence-corrected chi connectivity index (χ0v) is 19.7. The van der Waals surface area contributed by atoms with E-state index in [1.54, 1.807) is 6.92 Å². The van der Waals surface area contributed by atoms with Gasteiger partial charge in [0.05, 0.1) is 6.04 Å². The molecule has 178 valence electrons. The van der Waals surface area contributed by atoms with Gasteiger partial charge in [-0.1, -0.05) is 36.4 Å². The highest BCUT2D eigenvalue weighted by atomic mass is 16.2. The molecule has 2 aromatic heterocycles. The number of benzene rings is 1. The van der Waals surface area contributed by atoms with Crippen LogP contribution in [-0.2, 0) is 17.9 Å². The average Bonchev–Trinajstić information content (AvgIpc) is 2.81. The molecular weight excluding hydrogens is 434 g/mol. The summed E-state index contributed by atoms with van der Waals surface area (Å²) in [6.45, 7) is 7.44. The third-order valence-corrected chi connectivity index (χ3v) is 5.31. The monoisotopic (exact) mass is 463 g/mol. The number of hydrazine groups is 1. The summed E-state index contributed by atoms with van der Waals surface area (Å²) < 4.78 is 1.29. The van der Waals surface area contributed by atoms with E-state index >= 15 is 0 Å². The molecule has 0 fully saturated rings. The van der Waals surface area contributed by atoms with E-state index in [9.17, 15) is 14.4 Å². The molecular formula is C24H29N7O3. The van der Waals surface area contributed by atoms with Gasteiger partial charge in [0.25, 0.3) is 5.56 Å². The average molecular weight is 464 g/mol. The van der Waals surface area contributed by atoms with Crippen molar-refractivity contribution in [2.24, 2.45) is 0 Å². The van der Waals surface area contributed by atoms with E-state index in [-0.39, 0.29) is 24.3 Å². The van der Waals surface area contributed by atoms with Crippen LogP contribution in [0.25, 0.3) is 0 Å². The first-order chi connectivity index (χ1) is 16.2. The fourth-order valence-electron chi connectivity index (χ4n) is 3.32. The molecule has 0 bridgehead atoms. The molecule has 0 radical (unpaired) electrons. The Morgan fingerprint density at radius 2 is 1.79 bits per heavy atom. The molecule has 2 heterocycles. The second-order valence-electron chi connectivity index (χ2n) is 7.97. The van der Waals surface area contributed by atoms with Gasteiger partial charge in [-0.15, -0.1) is 0 Å². The van der Waals surface area contributed by atoms with Crippen molar-refractivity contribution in [2.45, 2.75) is 46.8 Å². The highest BCUT2D eigenvalue weighted by molar-refractivity contribution is 5.76. The molecule has 10 nitrogen and oxygen atoms in total. The highest BCUT2D eigenvalue weighted by Crippen LogP contribution is 2.10. The number of pyridine rings is 1. The molecule has 4 N–H and O–H groups in total. The topological polar surface area (TPSA) is 130 Å². The van der Waals surface area contributed by atoms with Crippen LogP contribution < -0.4 is 27.0 Å². The largest absolute Gasteiger partial charge is 0.350 e. The second-order valence-corrected chi connectivity index (χ2v) is 7.97. The summed E-state index contributed by atoms with van der Waals surface area (Å²) in [7, 11) is 0. The Hall–Kier alpha value is -4.21. The minimum Gasteiger partial charge on any atom is -0.350 e. The van der Waals surface area contributed by atoms with Crippen molar-refractivity contribution in [1.82, 2.24) is 30.6 Å². The molecule has 0 aliphatic carbocycles. The van der Waals surface area contributed by atoms with Crippen molar-refractivity contribution in [3.8, 4) is 0 Å². The van der Waals surface area contributed by atoms with Crippen LogP contribution in [0.1, 0.15) is 41.2 Å². The number of urea groups is 1. The molecule has 3 aromatic rings. The Morgan fingerprint density at radius 1 is 1.06 bits per heavy atom. The third kappa shape index (κ3) is 6.41. The number of carbonyl (C=O) groups excluding carboxylic acids is 2. The molecule has 0 saturated carbocycles. The van der Waals surface area contributed by atoms with E-state index < -0.39 is 11.6 Å². The van der Waals surface area contributed by atoms with Gasteiger partial charge in [-0.3, -0.25) is 30.0 Å². The van der Waals surface area contributed by atoms with Crippen LogP contribution in [0.15, 0.2) is 53.5 Å². The summed E-state index contributed by atoms with van der Waals surface area (Å²) in [4.78, 5) is 46.0. The summed E-state index contributed by atoms with van der Waals surface area (Å²) in [5.41, 5.74) is 8.53. The number of carbonyl (C=O) groups is 2. The second kappa shape index (κ2) is 11.1. The van der Waals surface area contributed by atoms with Crippen molar-refractivity contribution >= 4 is 17.8 Å². The van der Waals surface area contributed by atoms with Crippen LogP contribution >= 0.6 is 0 Å². The number of hydrogen-bond acceptors (Lipinski definition) is 6. The first-order valence-electron chi connectivity index (χ1n) is 10.9. The molecule has 34 heavy (non-hydrogen) atoms. The first kappa shape index (κ1) is 24.4. The van der Waals surface area contributed by atoms with Gasteiger partial charge in [0.1, 0.15) is 6.54 Å². The fourth-order valence-corrected chi connectivity index (χ4v) is 3.32. The Bertz CT molecular complexity index is 1220. The number of nitrogens with one attached hydrogen (secondary N) is 4. The number of rotatable bonds is 8. The number of aryl methyl sites for hydroxylation is 3. The molecule has 0 aliphatic rings. The number of anilines is 1. The quantitative estimate of drug-likeness (QED) is 0.379. The van der Waals surface area contributed by atoms with Gasteiger partial charge in [0, 0.05) is 29.8 Å². The van der Waals surface area contributed by atoms with Crippen LogP contribution in [0.5, 0.6) is 0 Å². The molecule has 0 saturated heterocycles. The normalized spacial score (nSPS) is 11.4. The maximum absolute atomic E-state index is 12.8. The minimum absolute atomic E-state index is 0.0977. The minimum atomic E-state index is -0.528. The lowest BCUT2D eigenvalue weighted by Gasteiger charge is -2.16. The van der Waals surface area contributed by atoms with Crippen molar-refractivity contribution in [3.05, 3.63) is 87.2 Å². The summed E-state index contributed by atoms with van der Waals surface area (Å²) in [6.07, 6.45) is 1.46. The summed E-state index contributed by atoms with van der Waals surface area (Å²) >= 11 is 0. The predicted octanol–water partition coefficient (Wildman–Crippen LogP) is 2.27. The Kier molecular flexibility index (Phi) is 7.96. The lowest BCUT2D eigenvalue weighted by Crippen LogP contribution is -2.42. The van der Waals surface area contributed by atoms with Gasteiger partial charge in [0.15, 0.2) is 0 Å². The number of nitrogens with zero attached hydrogens (tertiary/aromatic N) is 3. The SMILES string of the molecule is Cc1ccc(CNC(=O)Cn2c(C)cnc(NNC(=O)N[C@@H](C)c3ccccc3)c2=O)c(C)n1. The van der Waals surface area contributed by atoms with Gasteiger partial charge in [-0.2, -0.15) is 0 Å². The zero-order valence-electron chi connectivity index (χ0n) is 19.7. The van der Waals surface area contributed by atoms with E-state index in [0.717, 1.165) is 22.5 Å². The Labute approximate surface area is 197 Å². The highest BCUT2D eigenvalue weighted by Gasteiger charge is 2.14. The maximum atomic E-state index is 12.8. The molecule has 1 aromatic carbocycles. The van der Waals surface area contributed by atoms with Crippen LogP contribution in [0.4, 0.5) is 10.6 Å². The van der Waals surface area contributed by atoms with Crippen LogP contribution in [0, 0.1) is 20.8 Å². The van der Waals surface area contributed by atoms with Gasteiger partial charge in [-0.05, 0) is 44.9 Å². The van der Waals surface area contributed by atoms with Crippen molar-refractivity contribution < 1.29 is 9.59 Å². The lowest BCUT2D eigenvalue weighted by molar-refractivity contribution is -0.121. The molecule has 0 aliphatic heterocycles. The standard InChI is InChI=1S/C24H29N7O3/c1-15-10-11-20(18(4)27-15)13-25-21(32)14-31-16(2)12-26-22(23(31)33)29-30-24(34)28-17(3)19-8-6-5-7-9-19/h5-12,17H,13-14H2,1-4H3,(H,25,32)(H,26,29)(H2,28,30,34)/t17-/m0/s1. The summed E-state index contributed by atoms with van der Waals surface area (Å²) in [5.74, 6) is -0.427. The summed E-state index contributed by atoms with van der Waals surface area (Å²) in [5, 5.41) is 5.58. The predicted molar refractivity (Wildman–Crippen MR) is 129 cm³/mol. The third-order valence-electron chi connectivity index (χ3n) is 5.31. The fraction of sp³-hybridized carbons (Fsp3) is 0.292. The number of amides is 3. The van der Waals surface area contributed by atoms with E-state index in [0.29, 0.717) is 12.2 Å². The van der Waals surface area contributed by atoms with E-state index in [2.05, 4.69) is 31.5 Å². The van der Waals surface area contributed by atoms with Crippen molar-refractivity contribution in [3.63, 3.8) is 0 Å². The molecule has 3 rings (SSSR count). The van der Waals surface area contributed by atoms with Crippen molar-refractivity contribution in [2.75, 3.05) is 5.43 Å². The lowest BCUT2D eigenvalue weighted by atomic mass is 10.1. The molecule has 0 unspecified atom stereocenters. The Morgan fingerprint density at radius 3 is 2.50 bits per heavy atom. The smallest absolute Gasteiger partial charge is 0.333 e. The first-order valence-corrected chi connectivity index (χ1v) is 10.9. The van der Waals surface area contributed by atoms with E-state index in [4.69, 9.17) is 0 Å². The van der Waals surface area contributed by atoms with Gasteiger partial charge < -0.3 is 10.6 Å². The van der Waals surface area contributed by atoms with Gasteiger partial charge in [0.2, 0.25) is 11.7 Å².